The topological polar surface area (TPSA) is 146 Å². The van der Waals surface area contributed by atoms with E-state index < -0.39 is 23.5 Å². The molecule has 7 rings (SSSR count). The van der Waals surface area contributed by atoms with Gasteiger partial charge in [-0.2, -0.15) is 57.4 Å². The Kier molecular flexibility index (Phi) is 7.06. The van der Waals surface area contributed by atoms with Gasteiger partial charge in [-0.05, 0) is 58.7 Å². The van der Waals surface area contributed by atoms with E-state index in [0.29, 0.717) is 10.8 Å². The van der Waals surface area contributed by atoms with Gasteiger partial charge in [0.2, 0.25) is 12.4 Å². The molecule has 0 saturated carbocycles. The number of alkyl halides is 6. The van der Waals surface area contributed by atoms with E-state index in [-0.39, 0.29) is 76.9 Å². The number of nitrogens with zero attached hydrogens (tertiary/aromatic N) is 8. The van der Waals surface area contributed by atoms with Gasteiger partial charge >= 0.3 is 12.4 Å². The molecule has 7 aromatic rings. The molecular formula is C36H12F6N8. The summed E-state index contributed by atoms with van der Waals surface area (Å²) in [6, 6.07) is 18.4. The van der Waals surface area contributed by atoms with Crippen molar-refractivity contribution in [2.75, 3.05) is 0 Å². The van der Waals surface area contributed by atoms with Crippen LogP contribution in [0.2, 0.25) is 0 Å². The van der Waals surface area contributed by atoms with Crippen LogP contribution in [-0.4, -0.2) is 9.97 Å². The van der Waals surface area contributed by atoms with Gasteiger partial charge in [-0.25, -0.2) is 9.97 Å². The van der Waals surface area contributed by atoms with Gasteiger partial charge in [-0.15, -0.1) is 0 Å². The molecule has 50 heavy (non-hydrogen) atoms. The Morgan fingerprint density at radius 2 is 0.880 bits per heavy atom. The Bertz CT molecular complexity index is 2700. The number of halogens is 6. The Balaban J connectivity index is 1.51. The van der Waals surface area contributed by atoms with Crippen LogP contribution in [0.25, 0.3) is 65.9 Å². The summed E-state index contributed by atoms with van der Waals surface area (Å²) in [4.78, 5) is 17.3. The van der Waals surface area contributed by atoms with Crippen LogP contribution in [-0.2, 0) is 12.4 Å². The lowest BCUT2D eigenvalue weighted by Crippen LogP contribution is -2.08. The standard InChI is InChI=1S/C36H12F6N8/c37-35(38,39)27-9-17(13-43)1-5-21(27)19-3-7-23-25(11-19)29(47-15-45)33-31(23)49-34-30(48-16-46)26-12-20(4-8-24(26)32(34)50-33)22-6-2-18(14-44)10-28(22)36(40,41)42/h1-12H. The van der Waals surface area contributed by atoms with Gasteiger partial charge in [0.1, 0.15) is 21.7 Å². The second-order valence-electron chi connectivity index (χ2n) is 11.0. The highest BCUT2D eigenvalue weighted by molar-refractivity contribution is 6.15. The molecule has 14 heteroatoms. The lowest BCUT2D eigenvalue weighted by Gasteiger charge is -2.13. The van der Waals surface area contributed by atoms with E-state index in [2.05, 4.69) is 9.98 Å². The molecule has 0 aliphatic carbocycles. The van der Waals surface area contributed by atoms with Crippen molar-refractivity contribution in [3.63, 3.8) is 0 Å². The molecule has 238 valence electrons. The second-order valence-corrected chi connectivity index (χ2v) is 11.0. The Morgan fingerprint density at radius 1 is 0.480 bits per heavy atom. The van der Waals surface area contributed by atoms with Crippen molar-refractivity contribution in [1.82, 2.24) is 9.97 Å². The van der Waals surface area contributed by atoms with Crippen LogP contribution in [0.1, 0.15) is 22.3 Å². The fourth-order valence-corrected chi connectivity index (χ4v) is 6.15. The minimum atomic E-state index is -4.78. The number of hydrogen-bond donors (Lipinski definition) is 0. The predicted molar refractivity (Wildman–Crippen MR) is 167 cm³/mol. The summed E-state index contributed by atoms with van der Waals surface area (Å²) < 4.78 is 84.1. The minimum Gasteiger partial charge on any atom is -0.241 e. The van der Waals surface area contributed by atoms with Crippen molar-refractivity contribution in [1.29, 1.82) is 21.0 Å². The van der Waals surface area contributed by atoms with E-state index in [1.165, 1.54) is 60.7 Å². The summed E-state index contributed by atoms with van der Waals surface area (Å²) in [5.41, 5.74) is -1.96. The van der Waals surface area contributed by atoms with Crippen LogP contribution in [0.15, 0.2) is 82.8 Å². The number of hydrogen-bond acceptors (Lipinski definition) is 8. The van der Waals surface area contributed by atoms with Crippen LogP contribution in [0.4, 0.5) is 26.3 Å². The summed E-state index contributed by atoms with van der Waals surface area (Å²) in [6.07, 6.45) is -6.18. The quantitative estimate of drug-likeness (QED) is 0.135. The molecule has 0 aliphatic heterocycles. The first-order chi connectivity index (χ1) is 23.9. The van der Waals surface area contributed by atoms with E-state index in [1.54, 1.807) is 24.5 Å². The molecular weight excluding hydrogens is 658 g/mol. The monoisotopic (exact) mass is 670 g/mol. The third-order valence-corrected chi connectivity index (χ3v) is 8.26. The van der Waals surface area contributed by atoms with Crippen molar-refractivity contribution >= 4 is 43.6 Å². The van der Waals surface area contributed by atoms with Crippen molar-refractivity contribution in [3.8, 4) is 46.8 Å². The zero-order valence-electron chi connectivity index (χ0n) is 24.8. The fraction of sp³-hybridized carbons (Fsp3) is 0.0556. The first-order valence-electron chi connectivity index (χ1n) is 14.3. The third kappa shape index (κ3) is 4.92. The number of aromatic nitrogens is 2. The molecule has 0 N–H and O–H groups in total. The first kappa shape index (κ1) is 31.4. The lowest BCUT2D eigenvalue weighted by atomic mass is 9.96. The SMILES string of the molecule is N#CN=c1c2cc(-c3ccc(C#N)cc3C(F)(F)F)ccc2c2nc3c(=NC#N)c4cc(-c5ccc(C#N)cc5C(F)(F)F)ccc4c3nc12. The maximum absolute atomic E-state index is 14.0. The zero-order chi connectivity index (χ0) is 35.5. The number of fused-ring (bicyclic) bond motifs is 6. The second kappa shape index (κ2) is 11.2. The summed E-state index contributed by atoms with van der Waals surface area (Å²) >= 11 is 0. The predicted octanol–water partition coefficient (Wildman–Crippen LogP) is 7.84. The fourth-order valence-electron chi connectivity index (χ4n) is 6.15. The zero-order valence-corrected chi connectivity index (χ0v) is 24.8. The molecule has 0 fully saturated rings. The number of benzene rings is 4. The van der Waals surface area contributed by atoms with Crippen LogP contribution < -0.4 is 10.7 Å². The van der Waals surface area contributed by atoms with Gasteiger partial charge in [-0.3, -0.25) is 0 Å². The highest BCUT2D eigenvalue weighted by Gasteiger charge is 2.35. The van der Waals surface area contributed by atoms with Crippen molar-refractivity contribution in [2.45, 2.75) is 12.4 Å². The van der Waals surface area contributed by atoms with Gasteiger partial charge in [0.25, 0.3) is 0 Å². The smallest absolute Gasteiger partial charge is 0.241 e. The van der Waals surface area contributed by atoms with E-state index in [9.17, 15) is 36.9 Å². The molecule has 1 aromatic heterocycles. The molecule has 0 unspecified atom stereocenters. The minimum absolute atomic E-state index is 0.0214. The molecule has 0 radical (unpaired) electrons. The summed E-state index contributed by atoms with van der Waals surface area (Å²) in [5, 5.41) is 38.8. The Morgan fingerprint density at radius 3 is 1.22 bits per heavy atom. The van der Waals surface area contributed by atoms with Gasteiger partial charge in [0.15, 0.2) is 0 Å². The van der Waals surface area contributed by atoms with Crippen LogP contribution in [0.5, 0.6) is 0 Å². The molecule has 8 nitrogen and oxygen atoms in total. The molecule has 0 saturated heterocycles. The summed E-state index contributed by atoms with van der Waals surface area (Å²) in [5.74, 6) is 0. The number of rotatable bonds is 2. The molecule has 6 aromatic carbocycles. The molecule has 0 atom stereocenters. The van der Waals surface area contributed by atoms with Gasteiger partial charge in [-0.1, -0.05) is 36.4 Å². The van der Waals surface area contributed by atoms with E-state index in [4.69, 9.17) is 20.5 Å². The van der Waals surface area contributed by atoms with Gasteiger partial charge in [0.05, 0.1) is 45.4 Å². The molecule has 0 amide bonds. The third-order valence-electron chi connectivity index (χ3n) is 8.26. The lowest BCUT2D eigenvalue weighted by molar-refractivity contribution is -0.137. The summed E-state index contributed by atoms with van der Waals surface area (Å²) in [7, 11) is 0. The van der Waals surface area contributed by atoms with E-state index in [1.807, 2.05) is 0 Å². The first-order valence-corrected chi connectivity index (χ1v) is 14.3. The molecule has 1 heterocycles. The largest absolute Gasteiger partial charge is 0.417 e. The normalized spacial score (nSPS) is 12.8. The molecule has 0 bridgehead atoms. The molecule has 0 aliphatic rings. The summed E-state index contributed by atoms with van der Waals surface area (Å²) in [6.45, 7) is 0. The van der Waals surface area contributed by atoms with Crippen molar-refractivity contribution < 1.29 is 26.3 Å². The maximum atomic E-state index is 14.0. The highest BCUT2D eigenvalue weighted by atomic mass is 19.4. The van der Waals surface area contributed by atoms with Crippen LogP contribution in [0.3, 0.4) is 0 Å². The van der Waals surface area contributed by atoms with E-state index >= 15 is 0 Å². The Hall–Kier alpha value is -7.16. The van der Waals surface area contributed by atoms with Crippen LogP contribution >= 0.6 is 0 Å². The Labute approximate surface area is 275 Å². The van der Waals surface area contributed by atoms with Gasteiger partial charge in [0, 0.05) is 21.5 Å². The average molecular weight is 671 g/mol. The maximum Gasteiger partial charge on any atom is 0.417 e. The van der Waals surface area contributed by atoms with Crippen LogP contribution in [0, 0.1) is 45.6 Å². The van der Waals surface area contributed by atoms with Crippen molar-refractivity contribution in [2.24, 2.45) is 9.98 Å². The van der Waals surface area contributed by atoms with E-state index in [0.717, 1.165) is 12.1 Å². The average Bonchev–Trinajstić information content (AvgIpc) is 3.56. The van der Waals surface area contributed by atoms with Gasteiger partial charge < -0.3 is 0 Å². The molecule has 0 spiro atoms. The number of nitriles is 4. The highest BCUT2D eigenvalue weighted by Crippen LogP contribution is 2.41. The van der Waals surface area contributed by atoms with Crippen molar-refractivity contribution in [3.05, 3.63) is 106 Å².